The Bertz CT molecular complexity index is 593. The van der Waals surface area contributed by atoms with Crippen LogP contribution in [0.3, 0.4) is 0 Å². The zero-order chi connectivity index (χ0) is 12.6. The summed E-state index contributed by atoms with van der Waals surface area (Å²) in [6, 6.07) is 5.02. The van der Waals surface area contributed by atoms with Crippen LogP contribution in [0.15, 0.2) is 18.2 Å². The second-order valence-electron chi connectivity index (χ2n) is 3.43. The van der Waals surface area contributed by atoms with Crippen molar-refractivity contribution in [2.24, 2.45) is 7.05 Å². The van der Waals surface area contributed by atoms with Gasteiger partial charge in [-0.25, -0.2) is 4.68 Å². The summed E-state index contributed by atoms with van der Waals surface area (Å²) in [6.45, 7) is 0. The fraction of sp³-hybridized carbons (Fsp3) is 0.0909. The van der Waals surface area contributed by atoms with Crippen molar-refractivity contribution >= 4 is 29.5 Å². The van der Waals surface area contributed by atoms with Gasteiger partial charge in [-0.05, 0) is 6.07 Å². The van der Waals surface area contributed by atoms with E-state index in [0.29, 0.717) is 27.6 Å². The van der Waals surface area contributed by atoms with Crippen LogP contribution in [-0.2, 0) is 7.05 Å². The number of aldehydes is 1. The third-order valence-corrected chi connectivity index (χ3v) is 3.20. The highest BCUT2D eigenvalue weighted by Gasteiger charge is 2.19. The Morgan fingerprint density at radius 1 is 1.41 bits per heavy atom. The molecule has 0 amide bonds. The van der Waals surface area contributed by atoms with Crippen molar-refractivity contribution in [3.63, 3.8) is 0 Å². The fourth-order valence-corrected chi connectivity index (χ4v) is 1.92. The zero-order valence-electron chi connectivity index (χ0n) is 8.82. The molecule has 1 N–H and O–H groups in total. The number of nitrogens with zero attached hydrogens (tertiary/aromatic N) is 2. The lowest BCUT2D eigenvalue weighted by Crippen LogP contribution is -1.89. The molecule has 0 bridgehead atoms. The monoisotopic (exact) mass is 270 g/mol. The van der Waals surface area contributed by atoms with Crippen LogP contribution in [-0.4, -0.2) is 21.2 Å². The number of carbonyl (C=O) groups is 1. The molecular formula is C11H8Cl2N2O2. The normalized spacial score (nSPS) is 10.5. The summed E-state index contributed by atoms with van der Waals surface area (Å²) in [5.74, 6) is -0.203. The number of carbonyl (C=O) groups excluding carboxylic acids is 1. The van der Waals surface area contributed by atoms with Gasteiger partial charge in [0.2, 0.25) is 5.88 Å². The number of benzene rings is 1. The average Bonchev–Trinajstić information content (AvgIpc) is 2.59. The third-order valence-electron chi connectivity index (χ3n) is 2.38. The molecule has 88 valence electrons. The summed E-state index contributed by atoms with van der Waals surface area (Å²) in [4.78, 5) is 10.9. The largest absolute Gasteiger partial charge is 0.493 e. The molecule has 17 heavy (non-hydrogen) atoms. The van der Waals surface area contributed by atoms with Crippen LogP contribution in [0.4, 0.5) is 0 Å². The molecule has 2 rings (SSSR count). The first kappa shape index (κ1) is 12.0. The van der Waals surface area contributed by atoms with Crippen molar-refractivity contribution in [1.29, 1.82) is 0 Å². The van der Waals surface area contributed by atoms with Crippen LogP contribution in [0.25, 0.3) is 11.3 Å². The second kappa shape index (κ2) is 4.39. The molecule has 0 aliphatic carbocycles. The SMILES string of the molecule is Cn1nc(-c2cccc(Cl)c2Cl)c(C=O)c1O. The van der Waals surface area contributed by atoms with E-state index in [1.807, 2.05) is 0 Å². The van der Waals surface area contributed by atoms with Gasteiger partial charge >= 0.3 is 0 Å². The third kappa shape index (κ3) is 1.90. The number of hydrogen-bond donors (Lipinski definition) is 1. The summed E-state index contributed by atoms with van der Waals surface area (Å²) < 4.78 is 1.20. The molecule has 0 unspecified atom stereocenters. The minimum Gasteiger partial charge on any atom is -0.493 e. The molecule has 0 fully saturated rings. The maximum absolute atomic E-state index is 10.9. The van der Waals surface area contributed by atoms with E-state index in [0.717, 1.165) is 0 Å². The molecule has 1 aromatic carbocycles. The Morgan fingerprint density at radius 2 is 2.12 bits per heavy atom. The van der Waals surface area contributed by atoms with Crippen LogP contribution in [0, 0.1) is 0 Å². The van der Waals surface area contributed by atoms with E-state index in [-0.39, 0.29) is 11.4 Å². The highest BCUT2D eigenvalue weighted by atomic mass is 35.5. The van der Waals surface area contributed by atoms with Gasteiger partial charge in [0, 0.05) is 12.6 Å². The second-order valence-corrected chi connectivity index (χ2v) is 4.21. The molecule has 0 atom stereocenters. The summed E-state index contributed by atoms with van der Waals surface area (Å²) >= 11 is 11.9. The van der Waals surface area contributed by atoms with Gasteiger partial charge in [0.05, 0.1) is 10.0 Å². The highest BCUT2D eigenvalue weighted by molar-refractivity contribution is 6.43. The lowest BCUT2D eigenvalue weighted by atomic mass is 10.1. The van der Waals surface area contributed by atoms with Gasteiger partial charge in [0.25, 0.3) is 0 Å². The summed E-state index contributed by atoms with van der Waals surface area (Å²) in [5.41, 5.74) is 0.918. The van der Waals surface area contributed by atoms with E-state index in [1.54, 1.807) is 18.2 Å². The molecule has 0 saturated heterocycles. The first-order chi connectivity index (χ1) is 8.06. The Balaban J connectivity index is 2.73. The summed E-state index contributed by atoms with van der Waals surface area (Å²) in [6.07, 6.45) is 0.537. The fourth-order valence-electron chi connectivity index (χ4n) is 1.53. The molecule has 2 aromatic rings. The van der Waals surface area contributed by atoms with E-state index in [1.165, 1.54) is 11.7 Å². The van der Waals surface area contributed by atoms with E-state index >= 15 is 0 Å². The molecule has 0 spiro atoms. The number of aromatic hydroxyl groups is 1. The van der Waals surface area contributed by atoms with E-state index < -0.39 is 0 Å². The molecule has 1 heterocycles. The molecule has 6 heteroatoms. The van der Waals surface area contributed by atoms with E-state index in [9.17, 15) is 9.90 Å². The number of rotatable bonds is 2. The van der Waals surface area contributed by atoms with Crippen molar-refractivity contribution in [3.8, 4) is 17.1 Å². The van der Waals surface area contributed by atoms with Crippen molar-refractivity contribution in [1.82, 2.24) is 9.78 Å². The molecule has 0 radical (unpaired) electrons. The average molecular weight is 271 g/mol. The Morgan fingerprint density at radius 3 is 2.76 bits per heavy atom. The van der Waals surface area contributed by atoms with Crippen LogP contribution in [0.2, 0.25) is 10.0 Å². The summed E-state index contributed by atoms with van der Waals surface area (Å²) in [5, 5.41) is 14.3. The highest BCUT2D eigenvalue weighted by Crippen LogP contribution is 2.36. The molecule has 0 aliphatic rings. The number of aromatic nitrogens is 2. The minimum atomic E-state index is -0.203. The molecule has 0 aliphatic heterocycles. The van der Waals surface area contributed by atoms with E-state index in [4.69, 9.17) is 23.2 Å². The van der Waals surface area contributed by atoms with Crippen molar-refractivity contribution in [2.75, 3.05) is 0 Å². The Kier molecular flexibility index (Phi) is 3.09. The molecule has 4 nitrogen and oxygen atoms in total. The van der Waals surface area contributed by atoms with Crippen molar-refractivity contribution < 1.29 is 9.90 Å². The van der Waals surface area contributed by atoms with Gasteiger partial charge in [0.1, 0.15) is 11.3 Å². The smallest absolute Gasteiger partial charge is 0.220 e. The predicted molar refractivity (Wildman–Crippen MR) is 65.7 cm³/mol. The zero-order valence-corrected chi connectivity index (χ0v) is 10.3. The van der Waals surface area contributed by atoms with Gasteiger partial charge in [-0.2, -0.15) is 5.10 Å². The Hall–Kier alpha value is -1.52. The lowest BCUT2D eigenvalue weighted by Gasteiger charge is -2.02. The maximum Gasteiger partial charge on any atom is 0.220 e. The number of hydrogen-bond acceptors (Lipinski definition) is 3. The number of halogens is 2. The maximum atomic E-state index is 10.9. The van der Waals surface area contributed by atoms with Gasteiger partial charge < -0.3 is 5.11 Å². The standard InChI is InChI=1S/C11H8Cl2N2O2/c1-15-11(17)7(5-16)10(14-15)6-3-2-4-8(12)9(6)13/h2-5,17H,1H3. The Labute approximate surface area is 107 Å². The van der Waals surface area contributed by atoms with Crippen molar-refractivity contribution in [3.05, 3.63) is 33.8 Å². The van der Waals surface area contributed by atoms with Gasteiger partial charge in [0.15, 0.2) is 6.29 Å². The molecular weight excluding hydrogens is 263 g/mol. The summed E-state index contributed by atoms with van der Waals surface area (Å²) in [7, 11) is 1.53. The quantitative estimate of drug-likeness (QED) is 0.854. The lowest BCUT2D eigenvalue weighted by molar-refractivity contribution is 0.112. The number of aryl methyl sites for hydroxylation is 1. The predicted octanol–water partition coefficient (Wildman–Crippen LogP) is 2.91. The molecule has 0 saturated carbocycles. The van der Waals surface area contributed by atoms with Crippen molar-refractivity contribution in [2.45, 2.75) is 0 Å². The van der Waals surface area contributed by atoms with Crippen LogP contribution in [0.1, 0.15) is 10.4 Å². The van der Waals surface area contributed by atoms with Crippen LogP contribution in [0.5, 0.6) is 5.88 Å². The minimum absolute atomic E-state index is 0.0941. The topological polar surface area (TPSA) is 55.1 Å². The first-order valence-electron chi connectivity index (χ1n) is 4.71. The first-order valence-corrected chi connectivity index (χ1v) is 5.47. The van der Waals surface area contributed by atoms with Gasteiger partial charge in [-0.1, -0.05) is 35.3 Å². The van der Waals surface area contributed by atoms with E-state index in [2.05, 4.69) is 5.10 Å². The van der Waals surface area contributed by atoms with Crippen LogP contribution < -0.4 is 0 Å². The van der Waals surface area contributed by atoms with Gasteiger partial charge in [-0.15, -0.1) is 0 Å². The van der Waals surface area contributed by atoms with Crippen LogP contribution >= 0.6 is 23.2 Å². The molecule has 1 aromatic heterocycles. The van der Waals surface area contributed by atoms with Gasteiger partial charge in [-0.3, -0.25) is 4.79 Å².